The van der Waals surface area contributed by atoms with Gasteiger partial charge in [-0.3, -0.25) is 9.69 Å². The second kappa shape index (κ2) is 9.87. The molecule has 1 amide bonds. The Bertz CT molecular complexity index is 921. The minimum absolute atomic E-state index is 0.148. The third kappa shape index (κ3) is 5.07. The van der Waals surface area contributed by atoms with Gasteiger partial charge in [0.1, 0.15) is 24.5 Å². The molecule has 1 saturated heterocycles. The Kier molecular flexibility index (Phi) is 6.77. The maximum atomic E-state index is 11.7. The molecule has 0 aliphatic carbocycles. The van der Waals surface area contributed by atoms with Crippen LogP contribution in [-0.4, -0.2) is 47.6 Å². The van der Waals surface area contributed by atoms with Gasteiger partial charge in [0.05, 0.1) is 11.1 Å². The highest BCUT2D eigenvalue weighted by molar-refractivity contribution is 7.99. The highest BCUT2D eigenvalue weighted by atomic mass is 32.2. The summed E-state index contributed by atoms with van der Waals surface area (Å²) in [7, 11) is 0. The van der Waals surface area contributed by atoms with E-state index in [4.69, 9.17) is 9.47 Å². The lowest BCUT2D eigenvalue weighted by atomic mass is 10.0. The van der Waals surface area contributed by atoms with Crippen LogP contribution in [0.2, 0.25) is 0 Å². The van der Waals surface area contributed by atoms with E-state index in [0.29, 0.717) is 5.75 Å². The Hall–Kier alpha value is -2.70. The van der Waals surface area contributed by atoms with Crippen LogP contribution in [0.3, 0.4) is 0 Å². The van der Waals surface area contributed by atoms with E-state index in [-0.39, 0.29) is 11.3 Å². The van der Waals surface area contributed by atoms with Crippen LogP contribution < -0.4 is 0 Å². The molecule has 2 heterocycles. The van der Waals surface area contributed by atoms with Crippen LogP contribution in [0.4, 0.5) is 0 Å². The van der Waals surface area contributed by atoms with Crippen molar-refractivity contribution in [1.82, 2.24) is 9.80 Å². The Labute approximate surface area is 182 Å². The van der Waals surface area contributed by atoms with E-state index in [0.717, 1.165) is 31.9 Å². The maximum absolute atomic E-state index is 11.7. The minimum atomic E-state index is 0.148. The van der Waals surface area contributed by atoms with Crippen LogP contribution >= 0.6 is 11.8 Å². The second-order valence-electron chi connectivity index (χ2n) is 7.31. The Morgan fingerprint density at radius 1 is 1.00 bits per heavy atom. The van der Waals surface area contributed by atoms with Crippen molar-refractivity contribution in [2.24, 2.45) is 0 Å². The van der Waals surface area contributed by atoms with E-state index in [1.807, 2.05) is 22.7 Å². The average Bonchev–Trinajstić information content (AvgIpc) is 2.81. The van der Waals surface area contributed by atoms with Gasteiger partial charge in [-0.15, -0.1) is 11.8 Å². The zero-order valence-electron chi connectivity index (χ0n) is 17.1. The molecule has 30 heavy (non-hydrogen) atoms. The van der Waals surface area contributed by atoms with Crippen molar-refractivity contribution in [3.63, 3.8) is 0 Å². The third-order valence-corrected chi connectivity index (χ3v) is 6.64. The fourth-order valence-corrected chi connectivity index (χ4v) is 4.92. The first-order chi connectivity index (χ1) is 14.7. The molecule has 1 fully saturated rings. The van der Waals surface area contributed by atoms with E-state index in [1.165, 1.54) is 23.0 Å². The van der Waals surface area contributed by atoms with Gasteiger partial charge in [-0.1, -0.05) is 48.5 Å². The monoisotopic (exact) mass is 422 g/mol. The van der Waals surface area contributed by atoms with E-state index in [1.54, 1.807) is 19.4 Å². The Morgan fingerprint density at radius 2 is 1.77 bits per heavy atom. The van der Waals surface area contributed by atoms with Crippen LogP contribution in [0, 0.1) is 0 Å². The van der Waals surface area contributed by atoms with E-state index in [2.05, 4.69) is 53.4 Å². The number of amides is 1. The van der Waals surface area contributed by atoms with Crippen molar-refractivity contribution < 1.29 is 14.3 Å². The molecule has 4 rings (SSSR count). The van der Waals surface area contributed by atoms with Crippen molar-refractivity contribution >= 4 is 17.7 Å². The number of piperazine rings is 1. The number of carbonyl (C=O) groups excluding carboxylic acids is 1. The molecule has 2 aliphatic heterocycles. The van der Waals surface area contributed by atoms with Gasteiger partial charge < -0.3 is 14.4 Å². The summed E-state index contributed by atoms with van der Waals surface area (Å²) in [6.07, 6.45) is 4.74. The van der Waals surface area contributed by atoms with Gasteiger partial charge in [0.25, 0.3) is 0 Å². The zero-order chi connectivity index (χ0) is 20.8. The van der Waals surface area contributed by atoms with Crippen molar-refractivity contribution in [2.45, 2.75) is 12.3 Å². The van der Waals surface area contributed by atoms with Gasteiger partial charge in [0, 0.05) is 33.1 Å². The maximum Gasteiger partial charge on any atom is 0.219 e. The average molecular weight is 423 g/mol. The molecule has 156 valence electrons. The summed E-state index contributed by atoms with van der Waals surface area (Å²) < 4.78 is 10.8. The highest BCUT2D eigenvalue weighted by Crippen LogP contribution is 2.36. The van der Waals surface area contributed by atoms with Gasteiger partial charge in [-0.25, -0.2) is 0 Å². The largest absolute Gasteiger partial charge is 0.466 e. The molecule has 5 nitrogen and oxygen atoms in total. The lowest BCUT2D eigenvalue weighted by molar-refractivity contribution is -0.130. The summed E-state index contributed by atoms with van der Waals surface area (Å²) in [5.41, 5.74) is 3.67. The molecule has 1 unspecified atom stereocenters. The number of carbonyl (C=O) groups is 1. The molecule has 2 aromatic carbocycles. The summed E-state index contributed by atoms with van der Waals surface area (Å²) >= 11 is 1.82. The molecular formula is C24H26N2O3S. The van der Waals surface area contributed by atoms with Crippen LogP contribution in [-0.2, 0) is 14.3 Å². The molecule has 1 atom stereocenters. The third-order valence-electron chi connectivity index (χ3n) is 5.31. The first kappa shape index (κ1) is 20.6. The standard InChI is InChI=1S/C24H26N2O3S/c1-19(27)25-10-12-26(13-11-25)24(30-18-23-17-28-14-15-29-23)22-9-5-8-21(16-22)20-6-3-2-4-7-20/h2-9,14-17,24H,10-13,18H2,1H3. The SMILES string of the molecule is CC(=O)N1CCN(C(SCC2=COC=CO2)c2cccc(-c3ccccc3)c2)CC1. The molecule has 0 spiro atoms. The highest BCUT2D eigenvalue weighted by Gasteiger charge is 2.27. The lowest BCUT2D eigenvalue weighted by Crippen LogP contribution is -2.48. The number of thioether (sulfide) groups is 1. The first-order valence-corrected chi connectivity index (χ1v) is 11.2. The van der Waals surface area contributed by atoms with Crippen LogP contribution in [0.1, 0.15) is 17.9 Å². The molecule has 0 saturated carbocycles. The normalized spacial score (nSPS) is 17.6. The van der Waals surface area contributed by atoms with E-state index >= 15 is 0 Å². The first-order valence-electron chi connectivity index (χ1n) is 10.1. The number of benzene rings is 2. The topological polar surface area (TPSA) is 42.0 Å². The van der Waals surface area contributed by atoms with Crippen molar-refractivity contribution in [1.29, 1.82) is 0 Å². The van der Waals surface area contributed by atoms with Crippen molar-refractivity contribution in [3.05, 3.63) is 84.7 Å². The fraction of sp³-hybridized carbons (Fsp3) is 0.292. The summed E-state index contributed by atoms with van der Waals surface area (Å²) in [6, 6.07) is 19.2. The second-order valence-corrected chi connectivity index (χ2v) is 8.38. The fourth-order valence-electron chi connectivity index (χ4n) is 3.71. The predicted octanol–water partition coefficient (Wildman–Crippen LogP) is 4.61. The van der Waals surface area contributed by atoms with Gasteiger partial charge in [-0.2, -0.15) is 0 Å². The van der Waals surface area contributed by atoms with Gasteiger partial charge >= 0.3 is 0 Å². The quantitative estimate of drug-likeness (QED) is 0.680. The molecule has 0 bridgehead atoms. The number of nitrogens with zero attached hydrogens (tertiary/aromatic N) is 2. The summed E-state index contributed by atoms with van der Waals surface area (Å²) in [5, 5.41) is 0.165. The van der Waals surface area contributed by atoms with Crippen LogP contribution in [0.25, 0.3) is 11.1 Å². The smallest absolute Gasteiger partial charge is 0.219 e. The lowest BCUT2D eigenvalue weighted by Gasteiger charge is -2.39. The summed E-state index contributed by atoms with van der Waals surface area (Å²) in [5.74, 6) is 1.65. The van der Waals surface area contributed by atoms with E-state index < -0.39 is 0 Å². The number of hydrogen-bond acceptors (Lipinski definition) is 5. The van der Waals surface area contributed by atoms with Gasteiger partial charge in [-0.05, 0) is 22.8 Å². The molecule has 0 radical (unpaired) electrons. The molecule has 6 heteroatoms. The van der Waals surface area contributed by atoms with Gasteiger partial charge in [0.2, 0.25) is 5.91 Å². The Morgan fingerprint density at radius 3 is 2.47 bits per heavy atom. The molecule has 2 aromatic rings. The van der Waals surface area contributed by atoms with Crippen LogP contribution in [0.15, 0.2) is 79.1 Å². The molecule has 2 aliphatic rings. The van der Waals surface area contributed by atoms with Crippen LogP contribution in [0.5, 0.6) is 0 Å². The predicted molar refractivity (Wildman–Crippen MR) is 120 cm³/mol. The summed E-state index contributed by atoms with van der Waals surface area (Å²) in [6.45, 7) is 4.86. The molecule has 0 N–H and O–H groups in total. The van der Waals surface area contributed by atoms with Crippen molar-refractivity contribution in [3.8, 4) is 11.1 Å². The number of rotatable bonds is 6. The van der Waals surface area contributed by atoms with Crippen molar-refractivity contribution in [2.75, 3.05) is 31.9 Å². The number of ether oxygens (including phenoxy) is 2. The zero-order valence-corrected chi connectivity index (χ0v) is 17.9. The molecule has 0 aromatic heterocycles. The van der Waals surface area contributed by atoms with E-state index in [9.17, 15) is 4.79 Å². The number of hydrogen-bond donors (Lipinski definition) is 0. The Balaban J connectivity index is 1.55. The molecular weight excluding hydrogens is 396 g/mol. The van der Waals surface area contributed by atoms with Gasteiger partial charge in [0.15, 0.2) is 0 Å². The minimum Gasteiger partial charge on any atom is -0.466 e. The summed E-state index contributed by atoms with van der Waals surface area (Å²) in [4.78, 5) is 16.1.